The van der Waals surface area contributed by atoms with Gasteiger partial charge in [-0.25, -0.2) is 0 Å². The SMILES string of the molecule is [CH3-].[O-2].[O-2].[O-2].[Re]. The van der Waals surface area contributed by atoms with E-state index in [1.165, 1.54) is 0 Å². The Bertz CT molecular complexity index is 6.85. The van der Waals surface area contributed by atoms with Gasteiger partial charge < -0.3 is 23.9 Å². The van der Waals surface area contributed by atoms with E-state index in [2.05, 4.69) is 0 Å². The van der Waals surface area contributed by atoms with Crippen molar-refractivity contribution in [3.05, 3.63) is 7.43 Å². The molecule has 0 fully saturated rings. The second-order valence-electron chi connectivity index (χ2n) is 0. The summed E-state index contributed by atoms with van der Waals surface area (Å²) in [5, 5.41) is 0. The number of hydrogen-bond acceptors (Lipinski definition) is 0. The van der Waals surface area contributed by atoms with Crippen LogP contribution in [-0.4, -0.2) is 0 Å². The van der Waals surface area contributed by atoms with Crippen molar-refractivity contribution in [2.75, 3.05) is 0 Å². The Balaban J connectivity index is 0. The molecule has 3 nitrogen and oxygen atoms in total. The van der Waals surface area contributed by atoms with E-state index < -0.39 is 0 Å². The van der Waals surface area contributed by atoms with Crippen molar-refractivity contribution in [2.24, 2.45) is 0 Å². The summed E-state index contributed by atoms with van der Waals surface area (Å²) in [6, 6.07) is 0. The molecule has 5 heavy (non-hydrogen) atoms. The monoisotopic (exact) mass is 250 g/mol. The predicted molar refractivity (Wildman–Crippen MR) is 8.47 cm³/mol. The standard InChI is InChI=1S/CH3.3O.Re/h1H3;;;;/q-1;3*-2;. The summed E-state index contributed by atoms with van der Waals surface area (Å²) in [6.45, 7) is 0. The smallest absolute Gasteiger partial charge is 0 e. The van der Waals surface area contributed by atoms with Gasteiger partial charge in [0.15, 0.2) is 0 Å². The van der Waals surface area contributed by atoms with Crippen molar-refractivity contribution in [3.63, 3.8) is 0 Å². The second kappa shape index (κ2) is 194. The topological polar surface area (TPSA) is 85.5 Å². The third-order valence-electron chi connectivity index (χ3n) is 0. The summed E-state index contributed by atoms with van der Waals surface area (Å²) in [4.78, 5) is 0. The Hall–Kier alpha value is 0.542. The quantitative estimate of drug-likeness (QED) is 0.545. The molecule has 0 unspecified atom stereocenters. The molecule has 1 radical (unpaired) electrons. The van der Waals surface area contributed by atoms with Crippen molar-refractivity contribution in [2.45, 2.75) is 0 Å². The molecule has 0 aliphatic carbocycles. The van der Waals surface area contributed by atoms with E-state index in [9.17, 15) is 0 Å². The minimum Gasteiger partial charge on any atom is -2.00 e. The maximum absolute atomic E-state index is 0. The molecular formula is CH3O3Re-7. The maximum Gasteiger partial charge on any atom is 0 e. The van der Waals surface area contributed by atoms with Gasteiger partial charge in [0.2, 0.25) is 0 Å². The van der Waals surface area contributed by atoms with Crippen LogP contribution < -0.4 is 0 Å². The molecule has 0 aromatic heterocycles. The molecule has 0 spiro atoms. The van der Waals surface area contributed by atoms with E-state index >= 15 is 0 Å². The van der Waals surface area contributed by atoms with Crippen LogP contribution >= 0.6 is 0 Å². The van der Waals surface area contributed by atoms with Gasteiger partial charge in [0, 0.05) is 20.4 Å². The minimum atomic E-state index is 0. The van der Waals surface area contributed by atoms with Crippen molar-refractivity contribution in [3.8, 4) is 0 Å². The van der Waals surface area contributed by atoms with Crippen LogP contribution in [0.15, 0.2) is 0 Å². The zero-order valence-electron chi connectivity index (χ0n) is 2.60. The Morgan fingerprint density at radius 2 is 0.600 bits per heavy atom. The van der Waals surface area contributed by atoms with E-state index in [4.69, 9.17) is 0 Å². The normalized spacial score (nSPS) is 0. The van der Waals surface area contributed by atoms with E-state index in [0.29, 0.717) is 0 Å². The summed E-state index contributed by atoms with van der Waals surface area (Å²) in [5.41, 5.74) is 0. The molecule has 0 rings (SSSR count). The summed E-state index contributed by atoms with van der Waals surface area (Å²) in [7, 11) is 0. The summed E-state index contributed by atoms with van der Waals surface area (Å²) >= 11 is 0. The molecule has 0 N–H and O–H groups in total. The van der Waals surface area contributed by atoms with E-state index in [1.54, 1.807) is 0 Å². The van der Waals surface area contributed by atoms with Crippen molar-refractivity contribution in [1.82, 2.24) is 0 Å². The zero-order valence-corrected chi connectivity index (χ0v) is 5.32. The van der Waals surface area contributed by atoms with Gasteiger partial charge in [-0.2, -0.15) is 0 Å². The predicted octanol–water partition coefficient (Wildman–Crippen LogP) is 0.0914. The Labute approximate surface area is 45.0 Å². The van der Waals surface area contributed by atoms with Gasteiger partial charge in [-0.05, 0) is 0 Å². The van der Waals surface area contributed by atoms with Gasteiger partial charge in [-0.15, -0.1) is 0 Å². The largest absolute Gasteiger partial charge is 2.00 e. The van der Waals surface area contributed by atoms with Gasteiger partial charge in [0.1, 0.15) is 0 Å². The fourth-order valence-corrected chi connectivity index (χ4v) is 0. The molecule has 0 amide bonds. The van der Waals surface area contributed by atoms with Crippen LogP contribution in [0.1, 0.15) is 0 Å². The molecule has 0 atom stereocenters. The maximum atomic E-state index is 0. The van der Waals surface area contributed by atoms with Crippen LogP contribution in [0, 0.1) is 7.43 Å². The fourth-order valence-electron chi connectivity index (χ4n) is 0. The number of rotatable bonds is 0. The van der Waals surface area contributed by atoms with Gasteiger partial charge in [-0.3, -0.25) is 0 Å². The molecule has 0 saturated carbocycles. The second-order valence-corrected chi connectivity index (χ2v) is 0. The number of hydrogen-bond donors (Lipinski definition) is 0. The van der Waals surface area contributed by atoms with Crippen LogP contribution in [0.5, 0.6) is 0 Å². The third kappa shape index (κ3) is 99.8. The van der Waals surface area contributed by atoms with Crippen molar-refractivity contribution >= 4 is 0 Å². The van der Waals surface area contributed by atoms with Gasteiger partial charge in [0.25, 0.3) is 0 Å². The Kier molecular flexibility index (Phi) is 15100. The van der Waals surface area contributed by atoms with E-state index in [-0.39, 0.29) is 44.3 Å². The fraction of sp³-hybridized carbons (Fsp3) is 0. The first-order valence-electron chi connectivity index (χ1n) is 0. The average molecular weight is 249 g/mol. The molecule has 0 saturated heterocycles. The molecule has 0 aliphatic rings. The van der Waals surface area contributed by atoms with Gasteiger partial charge in [-0.1, -0.05) is 0 Å². The Morgan fingerprint density at radius 1 is 0.600 bits per heavy atom. The molecular weight excluding hydrogens is 246 g/mol. The first-order chi connectivity index (χ1) is 0. The average Bonchev–Trinajstić information content (AvgIpc) is 0. The minimum absolute atomic E-state index is 0. The molecule has 0 aromatic rings. The van der Waals surface area contributed by atoms with E-state index in [0.717, 1.165) is 0 Å². The molecule has 0 aromatic carbocycles. The third-order valence-corrected chi connectivity index (χ3v) is 0. The summed E-state index contributed by atoms with van der Waals surface area (Å²) in [6.07, 6.45) is 0. The first kappa shape index (κ1) is 389. The zero-order chi connectivity index (χ0) is 0. The van der Waals surface area contributed by atoms with E-state index in [1.807, 2.05) is 0 Å². The van der Waals surface area contributed by atoms with Crippen molar-refractivity contribution in [1.29, 1.82) is 0 Å². The molecule has 0 heterocycles. The van der Waals surface area contributed by atoms with Crippen LogP contribution in [0.3, 0.4) is 0 Å². The Morgan fingerprint density at radius 3 is 0.600 bits per heavy atom. The molecule has 4 heteroatoms. The first-order valence-corrected chi connectivity index (χ1v) is 0. The summed E-state index contributed by atoms with van der Waals surface area (Å²) in [5.74, 6) is 0. The molecule has 39 valence electrons. The van der Waals surface area contributed by atoms with Crippen LogP contribution in [0.2, 0.25) is 0 Å². The molecule has 0 bridgehead atoms. The molecule has 0 aliphatic heterocycles. The van der Waals surface area contributed by atoms with Crippen LogP contribution in [0.4, 0.5) is 0 Å². The van der Waals surface area contributed by atoms with Crippen LogP contribution in [0.25, 0.3) is 0 Å². The van der Waals surface area contributed by atoms with Crippen molar-refractivity contribution < 1.29 is 36.9 Å². The van der Waals surface area contributed by atoms with Crippen LogP contribution in [-0.2, 0) is 36.9 Å². The van der Waals surface area contributed by atoms with Gasteiger partial charge in [0.05, 0.1) is 0 Å². The summed E-state index contributed by atoms with van der Waals surface area (Å²) < 4.78 is 0. The van der Waals surface area contributed by atoms with Gasteiger partial charge >= 0.3 is 0 Å².